The van der Waals surface area contributed by atoms with Crippen LogP contribution in [0.4, 0.5) is 4.39 Å². The number of aromatic carboxylic acids is 1. The average Bonchev–Trinajstić information content (AvgIpc) is 2.25. The van der Waals surface area contributed by atoms with Crippen molar-refractivity contribution in [2.75, 3.05) is 6.54 Å². The highest BCUT2D eigenvalue weighted by atomic mass is 19.1. The third kappa shape index (κ3) is 5.67. The summed E-state index contributed by atoms with van der Waals surface area (Å²) in [4.78, 5) is 10.7. The van der Waals surface area contributed by atoms with Gasteiger partial charge in [-0.3, -0.25) is 0 Å². The van der Waals surface area contributed by atoms with Crippen LogP contribution < -0.4 is 5.32 Å². The third-order valence-electron chi connectivity index (χ3n) is 2.82. The van der Waals surface area contributed by atoms with E-state index in [4.69, 9.17) is 5.11 Å². The molecule has 0 bridgehead atoms. The number of carboxylic acid groups (broad SMARTS) is 1. The molecule has 0 aliphatic rings. The smallest absolute Gasteiger partial charge is 0.338 e. The van der Waals surface area contributed by atoms with Gasteiger partial charge in [0.1, 0.15) is 5.82 Å². The van der Waals surface area contributed by atoms with Gasteiger partial charge in [-0.05, 0) is 29.5 Å². The Morgan fingerprint density at radius 1 is 1.40 bits per heavy atom. The molecule has 1 atom stereocenters. The lowest BCUT2D eigenvalue weighted by molar-refractivity contribution is 0.0692. The van der Waals surface area contributed by atoms with Gasteiger partial charge >= 0.3 is 5.97 Å². The lowest BCUT2D eigenvalue weighted by Gasteiger charge is -2.22. The van der Waals surface area contributed by atoms with Crippen LogP contribution >= 0.6 is 0 Å². The fraction of sp³-hybridized carbons (Fsp3) is 0.533. The van der Waals surface area contributed by atoms with Gasteiger partial charge in [0.25, 0.3) is 0 Å². The van der Waals surface area contributed by atoms with Crippen LogP contribution in [0.1, 0.15) is 43.1 Å². The van der Waals surface area contributed by atoms with E-state index in [1.165, 1.54) is 12.1 Å². The van der Waals surface area contributed by atoms with E-state index in [0.717, 1.165) is 0 Å². The number of aliphatic hydroxyl groups excluding tert-OH is 1. The topological polar surface area (TPSA) is 69.6 Å². The molecule has 4 nitrogen and oxygen atoms in total. The Bertz CT molecular complexity index is 469. The van der Waals surface area contributed by atoms with E-state index in [9.17, 15) is 14.3 Å². The van der Waals surface area contributed by atoms with Crippen LogP contribution in [-0.4, -0.2) is 28.8 Å². The minimum atomic E-state index is -1.28. The highest BCUT2D eigenvalue weighted by Crippen LogP contribution is 2.20. The first-order chi connectivity index (χ1) is 9.19. The summed E-state index contributed by atoms with van der Waals surface area (Å²) >= 11 is 0. The normalized spacial score (nSPS) is 13.2. The van der Waals surface area contributed by atoms with Gasteiger partial charge in [-0.2, -0.15) is 0 Å². The molecule has 0 aliphatic carbocycles. The summed E-state index contributed by atoms with van der Waals surface area (Å²) in [5.74, 6) is -2.02. The predicted octanol–water partition coefficient (Wildman–Crippen LogP) is 2.41. The van der Waals surface area contributed by atoms with E-state index in [0.29, 0.717) is 25.1 Å². The van der Waals surface area contributed by atoms with Gasteiger partial charge in [0.15, 0.2) is 0 Å². The highest BCUT2D eigenvalue weighted by molar-refractivity contribution is 5.87. The summed E-state index contributed by atoms with van der Waals surface area (Å²) in [6, 6.07) is 4.02. The van der Waals surface area contributed by atoms with Crippen molar-refractivity contribution in [3.63, 3.8) is 0 Å². The molecule has 0 heterocycles. The number of halogens is 1. The van der Waals surface area contributed by atoms with E-state index < -0.39 is 17.9 Å². The number of benzene rings is 1. The number of hydrogen-bond acceptors (Lipinski definition) is 3. The molecule has 0 saturated heterocycles. The summed E-state index contributed by atoms with van der Waals surface area (Å²) in [5.41, 5.74) is 0.369. The van der Waals surface area contributed by atoms with Crippen molar-refractivity contribution in [2.24, 2.45) is 5.41 Å². The summed E-state index contributed by atoms with van der Waals surface area (Å²) < 4.78 is 13.5. The number of carboxylic acids is 1. The van der Waals surface area contributed by atoms with Crippen LogP contribution in [0.5, 0.6) is 0 Å². The van der Waals surface area contributed by atoms with Crippen LogP contribution in [0.3, 0.4) is 0 Å². The molecular weight excluding hydrogens is 261 g/mol. The first kappa shape index (κ1) is 16.6. The van der Waals surface area contributed by atoms with Crippen LogP contribution in [0.15, 0.2) is 18.2 Å². The molecule has 20 heavy (non-hydrogen) atoms. The number of nitrogens with one attached hydrogen (secondary N) is 1. The van der Waals surface area contributed by atoms with Gasteiger partial charge < -0.3 is 15.5 Å². The predicted molar refractivity (Wildman–Crippen MR) is 75.1 cm³/mol. The van der Waals surface area contributed by atoms with Crippen molar-refractivity contribution in [3.05, 3.63) is 35.1 Å². The second-order valence-electron chi connectivity index (χ2n) is 6.17. The van der Waals surface area contributed by atoms with Crippen molar-refractivity contribution in [2.45, 2.75) is 39.8 Å². The molecule has 5 heteroatoms. The number of hydrogen-bond donors (Lipinski definition) is 3. The monoisotopic (exact) mass is 283 g/mol. The largest absolute Gasteiger partial charge is 0.478 e. The molecule has 1 unspecified atom stereocenters. The van der Waals surface area contributed by atoms with E-state index in [2.05, 4.69) is 26.1 Å². The lowest BCUT2D eigenvalue weighted by Crippen LogP contribution is -2.29. The van der Waals surface area contributed by atoms with Gasteiger partial charge in [-0.15, -0.1) is 0 Å². The Hall–Kier alpha value is -1.46. The van der Waals surface area contributed by atoms with Crippen LogP contribution in [0.25, 0.3) is 0 Å². The molecule has 1 aromatic carbocycles. The molecule has 0 amide bonds. The Morgan fingerprint density at radius 3 is 2.55 bits per heavy atom. The van der Waals surface area contributed by atoms with Gasteiger partial charge in [0, 0.05) is 13.1 Å². The van der Waals surface area contributed by atoms with E-state index >= 15 is 0 Å². The fourth-order valence-corrected chi connectivity index (χ4v) is 2.00. The van der Waals surface area contributed by atoms with Crippen molar-refractivity contribution in [1.82, 2.24) is 5.32 Å². The van der Waals surface area contributed by atoms with Gasteiger partial charge in [-0.1, -0.05) is 26.8 Å². The zero-order chi connectivity index (χ0) is 15.3. The summed E-state index contributed by atoms with van der Waals surface area (Å²) in [6.07, 6.45) is 0.213. The molecule has 0 saturated carbocycles. The molecule has 0 fully saturated rings. The maximum Gasteiger partial charge on any atom is 0.338 e. The lowest BCUT2D eigenvalue weighted by atomic mass is 9.89. The molecule has 0 radical (unpaired) electrons. The summed E-state index contributed by atoms with van der Waals surface area (Å²) in [5, 5.41) is 21.6. The van der Waals surface area contributed by atoms with E-state index in [-0.39, 0.29) is 11.0 Å². The zero-order valence-electron chi connectivity index (χ0n) is 12.1. The molecule has 112 valence electrons. The molecule has 1 rings (SSSR count). The Morgan fingerprint density at radius 2 is 2.05 bits per heavy atom. The van der Waals surface area contributed by atoms with Crippen molar-refractivity contribution >= 4 is 5.97 Å². The molecular formula is C15H22FNO3. The minimum absolute atomic E-state index is 0.0519. The Labute approximate surface area is 118 Å². The molecule has 1 aromatic rings. The van der Waals surface area contributed by atoms with Gasteiger partial charge in [0.05, 0.1) is 11.7 Å². The van der Waals surface area contributed by atoms with Crippen molar-refractivity contribution < 1.29 is 19.4 Å². The van der Waals surface area contributed by atoms with Crippen molar-refractivity contribution in [1.29, 1.82) is 0 Å². The maximum atomic E-state index is 13.5. The number of aliphatic hydroxyl groups is 1. The maximum absolute atomic E-state index is 13.5. The van der Waals surface area contributed by atoms with Crippen LogP contribution in [0, 0.1) is 11.2 Å². The second kappa shape index (κ2) is 6.81. The number of rotatable bonds is 6. The van der Waals surface area contributed by atoms with E-state index in [1.54, 1.807) is 6.07 Å². The molecule has 0 spiro atoms. The van der Waals surface area contributed by atoms with E-state index in [1.807, 2.05) is 0 Å². The summed E-state index contributed by atoms with van der Waals surface area (Å²) in [7, 11) is 0. The Kier molecular flexibility index (Phi) is 5.65. The average molecular weight is 283 g/mol. The fourth-order valence-electron chi connectivity index (χ4n) is 2.00. The standard InChI is InChI=1S/C15H22FNO3/c1-15(2,3)7-11(18)9-17-8-10-4-5-12(14(19)20)13(16)6-10/h4-6,11,17-18H,7-9H2,1-3H3,(H,19,20). The zero-order valence-corrected chi connectivity index (χ0v) is 12.1. The number of carbonyl (C=O) groups is 1. The third-order valence-corrected chi connectivity index (χ3v) is 2.82. The second-order valence-corrected chi connectivity index (χ2v) is 6.17. The van der Waals surface area contributed by atoms with Gasteiger partial charge in [0.2, 0.25) is 0 Å². The highest BCUT2D eigenvalue weighted by Gasteiger charge is 2.16. The quantitative estimate of drug-likeness (QED) is 0.750. The Balaban J connectivity index is 2.47. The van der Waals surface area contributed by atoms with Gasteiger partial charge in [-0.25, -0.2) is 9.18 Å². The first-order valence-electron chi connectivity index (χ1n) is 6.59. The minimum Gasteiger partial charge on any atom is -0.478 e. The molecule has 3 N–H and O–H groups in total. The van der Waals surface area contributed by atoms with Crippen molar-refractivity contribution in [3.8, 4) is 0 Å². The first-order valence-corrected chi connectivity index (χ1v) is 6.59. The summed E-state index contributed by atoms with van der Waals surface area (Å²) in [6.45, 7) is 6.96. The molecule has 0 aliphatic heterocycles. The molecule has 0 aromatic heterocycles. The van der Waals surface area contributed by atoms with Crippen LogP contribution in [-0.2, 0) is 6.54 Å². The SMILES string of the molecule is CC(C)(C)CC(O)CNCc1ccc(C(=O)O)c(F)c1. The van der Waals surface area contributed by atoms with Crippen LogP contribution in [0.2, 0.25) is 0 Å².